The van der Waals surface area contributed by atoms with Gasteiger partial charge in [0.1, 0.15) is 5.15 Å². The van der Waals surface area contributed by atoms with Gasteiger partial charge in [0.05, 0.1) is 5.56 Å². The lowest BCUT2D eigenvalue weighted by Gasteiger charge is -2.07. The molecule has 72 valence electrons. The summed E-state index contributed by atoms with van der Waals surface area (Å²) in [6.45, 7) is -0.196. The van der Waals surface area contributed by atoms with Gasteiger partial charge in [-0.2, -0.15) is 4.39 Å². The summed E-state index contributed by atoms with van der Waals surface area (Å²) in [7, 11) is 0. The summed E-state index contributed by atoms with van der Waals surface area (Å²) in [6.07, 6.45) is -2.93. The van der Waals surface area contributed by atoms with Gasteiger partial charge in [-0.25, -0.2) is 13.8 Å². The molecule has 13 heavy (non-hydrogen) atoms. The lowest BCUT2D eigenvalue weighted by atomic mass is 10.1. The van der Waals surface area contributed by atoms with E-state index in [0.717, 1.165) is 6.07 Å². The maximum atomic E-state index is 12.8. The number of aromatic nitrogens is 1. The van der Waals surface area contributed by atoms with E-state index in [1.54, 1.807) is 0 Å². The first-order valence-corrected chi connectivity index (χ1v) is 3.77. The second kappa shape index (κ2) is 3.93. The van der Waals surface area contributed by atoms with Gasteiger partial charge < -0.3 is 5.73 Å². The van der Waals surface area contributed by atoms with E-state index in [1.165, 1.54) is 0 Å². The van der Waals surface area contributed by atoms with Crippen LogP contribution >= 0.6 is 11.6 Å². The van der Waals surface area contributed by atoms with Crippen LogP contribution < -0.4 is 5.73 Å². The Morgan fingerprint density at radius 1 is 1.54 bits per heavy atom. The van der Waals surface area contributed by atoms with E-state index in [2.05, 4.69) is 4.98 Å². The van der Waals surface area contributed by atoms with Gasteiger partial charge in [-0.05, 0) is 11.6 Å². The Kier molecular flexibility index (Phi) is 3.11. The van der Waals surface area contributed by atoms with E-state index in [4.69, 9.17) is 17.3 Å². The van der Waals surface area contributed by atoms with Crippen LogP contribution in [0.2, 0.25) is 5.15 Å². The molecule has 0 saturated heterocycles. The van der Waals surface area contributed by atoms with Gasteiger partial charge in [-0.15, -0.1) is 0 Å². The summed E-state index contributed by atoms with van der Waals surface area (Å²) >= 11 is 5.35. The summed E-state index contributed by atoms with van der Waals surface area (Å²) in [6, 6.07) is 1.13. The van der Waals surface area contributed by atoms with Crippen molar-refractivity contribution in [3.63, 3.8) is 0 Å². The van der Waals surface area contributed by atoms with Gasteiger partial charge in [0, 0.05) is 6.54 Å². The van der Waals surface area contributed by atoms with Crippen molar-refractivity contribution >= 4 is 11.6 Å². The van der Waals surface area contributed by atoms with Crippen LogP contribution in [0.1, 0.15) is 17.6 Å². The van der Waals surface area contributed by atoms with Crippen molar-refractivity contribution in [1.29, 1.82) is 0 Å². The Morgan fingerprint density at radius 3 is 2.62 bits per heavy atom. The summed E-state index contributed by atoms with van der Waals surface area (Å²) in [5.74, 6) is -1.26. The summed E-state index contributed by atoms with van der Waals surface area (Å²) in [5.41, 5.74) is 4.35. The van der Waals surface area contributed by atoms with Gasteiger partial charge in [-0.1, -0.05) is 11.6 Å². The SMILES string of the molecule is NCc1cc(Cl)nc(F)c1C(F)F. The zero-order valence-corrected chi connectivity index (χ0v) is 7.15. The molecule has 0 saturated carbocycles. The van der Waals surface area contributed by atoms with Crippen molar-refractivity contribution in [1.82, 2.24) is 4.98 Å². The van der Waals surface area contributed by atoms with Crippen LogP contribution in [-0.2, 0) is 6.54 Å². The number of pyridine rings is 1. The maximum absolute atomic E-state index is 12.8. The molecular formula is C7H6ClF3N2. The maximum Gasteiger partial charge on any atom is 0.268 e. The van der Waals surface area contributed by atoms with Crippen LogP contribution in [-0.4, -0.2) is 4.98 Å². The molecule has 0 aromatic carbocycles. The van der Waals surface area contributed by atoms with Gasteiger partial charge in [0.15, 0.2) is 0 Å². The highest BCUT2D eigenvalue weighted by Crippen LogP contribution is 2.26. The normalized spacial score (nSPS) is 10.9. The van der Waals surface area contributed by atoms with Crippen LogP contribution in [0, 0.1) is 5.95 Å². The van der Waals surface area contributed by atoms with Crippen LogP contribution in [0.3, 0.4) is 0 Å². The quantitative estimate of drug-likeness (QED) is 0.761. The number of halogens is 4. The number of hydrogen-bond acceptors (Lipinski definition) is 2. The minimum Gasteiger partial charge on any atom is -0.326 e. The zero-order chi connectivity index (χ0) is 10.0. The van der Waals surface area contributed by atoms with Gasteiger partial charge in [-0.3, -0.25) is 0 Å². The molecule has 0 spiro atoms. The van der Waals surface area contributed by atoms with Crippen LogP contribution in [0.25, 0.3) is 0 Å². The van der Waals surface area contributed by atoms with E-state index >= 15 is 0 Å². The lowest BCUT2D eigenvalue weighted by molar-refractivity contribution is 0.144. The molecule has 0 amide bonds. The second-order valence-electron chi connectivity index (χ2n) is 2.31. The highest BCUT2D eigenvalue weighted by Gasteiger charge is 2.19. The van der Waals surface area contributed by atoms with Gasteiger partial charge in [0.2, 0.25) is 5.95 Å². The molecule has 0 radical (unpaired) electrons. The molecule has 2 N–H and O–H groups in total. The molecule has 0 aliphatic rings. The van der Waals surface area contributed by atoms with Crippen molar-refractivity contribution in [3.05, 3.63) is 28.3 Å². The number of nitrogens with two attached hydrogens (primary N) is 1. The smallest absolute Gasteiger partial charge is 0.268 e. The predicted molar refractivity (Wildman–Crippen MR) is 42.1 cm³/mol. The van der Waals surface area contributed by atoms with Crippen molar-refractivity contribution in [2.45, 2.75) is 13.0 Å². The summed E-state index contributed by atoms with van der Waals surface area (Å²) in [4.78, 5) is 3.07. The minimum absolute atomic E-state index is 0.0208. The largest absolute Gasteiger partial charge is 0.326 e. The second-order valence-corrected chi connectivity index (χ2v) is 2.70. The molecule has 1 aromatic rings. The number of nitrogens with zero attached hydrogens (tertiary/aromatic N) is 1. The Morgan fingerprint density at radius 2 is 2.15 bits per heavy atom. The molecule has 0 aliphatic carbocycles. The first-order chi connectivity index (χ1) is 6.06. The van der Waals surface area contributed by atoms with Crippen LogP contribution in [0.5, 0.6) is 0 Å². The van der Waals surface area contributed by atoms with E-state index in [0.29, 0.717) is 0 Å². The minimum atomic E-state index is -2.93. The molecule has 2 nitrogen and oxygen atoms in total. The highest BCUT2D eigenvalue weighted by molar-refractivity contribution is 6.29. The van der Waals surface area contributed by atoms with Crippen molar-refractivity contribution in [2.75, 3.05) is 0 Å². The molecule has 0 atom stereocenters. The van der Waals surface area contributed by atoms with E-state index in [-0.39, 0.29) is 17.3 Å². The van der Waals surface area contributed by atoms with E-state index in [1.807, 2.05) is 0 Å². The van der Waals surface area contributed by atoms with Crippen molar-refractivity contribution in [2.24, 2.45) is 5.73 Å². The topological polar surface area (TPSA) is 38.9 Å². The molecule has 1 aromatic heterocycles. The fraction of sp³-hybridized carbons (Fsp3) is 0.286. The van der Waals surface area contributed by atoms with Crippen molar-refractivity contribution in [3.8, 4) is 0 Å². The fourth-order valence-corrected chi connectivity index (χ4v) is 1.15. The molecule has 0 bridgehead atoms. The first kappa shape index (κ1) is 10.3. The van der Waals surface area contributed by atoms with Gasteiger partial charge in [0.25, 0.3) is 6.43 Å². The Balaban J connectivity index is 3.30. The molecule has 6 heteroatoms. The molecule has 0 fully saturated rings. The molecule has 1 heterocycles. The van der Waals surface area contributed by atoms with E-state index in [9.17, 15) is 13.2 Å². The third-order valence-corrected chi connectivity index (χ3v) is 1.70. The monoisotopic (exact) mass is 210 g/mol. The third kappa shape index (κ3) is 2.10. The third-order valence-electron chi connectivity index (χ3n) is 1.50. The average Bonchev–Trinajstić information content (AvgIpc) is 2.01. The summed E-state index contributed by atoms with van der Waals surface area (Å²) in [5, 5.41) is -0.178. The molecule has 0 aliphatic heterocycles. The first-order valence-electron chi connectivity index (χ1n) is 3.39. The summed E-state index contributed by atoms with van der Waals surface area (Å²) < 4.78 is 37.3. The lowest BCUT2D eigenvalue weighted by Crippen LogP contribution is -2.06. The predicted octanol–water partition coefficient (Wildman–Crippen LogP) is 2.27. The van der Waals surface area contributed by atoms with Crippen LogP contribution in [0.15, 0.2) is 6.07 Å². The molecular weight excluding hydrogens is 205 g/mol. The standard InChI is InChI=1S/C7H6ClF3N2/c8-4-1-3(2-12)5(6(9)10)7(11)13-4/h1,6H,2,12H2. The van der Waals surface area contributed by atoms with Gasteiger partial charge >= 0.3 is 0 Å². The highest BCUT2D eigenvalue weighted by atomic mass is 35.5. The average molecular weight is 211 g/mol. The Bertz CT molecular complexity index is 317. The molecule has 0 unspecified atom stereocenters. The van der Waals surface area contributed by atoms with Crippen LogP contribution in [0.4, 0.5) is 13.2 Å². The number of rotatable bonds is 2. The zero-order valence-electron chi connectivity index (χ0n) is 6.40. The fourth-order valence-electron chi connectivity index (χ4n) is 0.939. The number of hydrogen-bond donors (Lipinski definition) is 1. The van der Waals surface area contributed by atoms with E-state index < -0.39 is 17.9 Å². The Hall–Kier alpha value is -0.810. The number of alkyl halides is 2. The Labute approximate surface area is 77.5 Å². The molecule has 1 rings (SSSR count). The van der Waals surface area contributed by atoms with Crippen molar-refractivity contribution < 1.29 is 13.2 Å².